The summed E-state index contributed by atoms with van der Waals surface area (Å²) in [6, 6.07) is 0.329. The van der Waals surface area contributed by atoms with E-state index >= 15 is 0 Å². The summed E-state index contributed by atoms with van der Waals surface area (Å²) in [7, 11) is 0. The Morgan fingerprint density at radius 2 is 2.18 bits per heavy atom. The van der Waals surface area contributed by atoms with Crippen molar-refractivity contribution in [2.45, 2.75) is 12.2 Å². The second-order valence-corrected chi connectivity index (χ2v) is 5.88. The molecule has 1 aromatic rings. The second kappa shape index (κ2) is 6.33. The molecule has 1 aromatic heterocycles. The summed E-state index contributed by atoms with van der Waals surface area (Å²) in [5, 5.41) is 12.7. The fourth-order valence-corrected chi connectivity index (χ4v) is 3.23. The van der Waals surface area contributed by atoms with Crippen LogP contribution in [0.2, 0.25) is 0 Å². The summed E-state index contributed by atoms with van der Waals surface area (Å²) in [5.41, 5.74) is 1.24. The SMILES string of the molecule is O=C(O)C1C=C(c2ccsc2)CN1C(=O)[C@H](CS)C(F)(F)F. The van der Waals surface area contributed by atoms with Gasteiger partial charge in [-0.05, 0) is 34.0 Å². The van der Waals surface area contributed by atoms with E-state index < -0.39 is 35.8 Å². The first-order chi connectivity index (χ1) is 10.3. The van der Waals surface area contributed by atoms with Gasteiger partial charge in [-0.15, -0.1) is 0 Å². The number of thiophene rings is 1. The number of thiol groups is 1. The Bertz CT molecular complexity index is 598. The number of aliphatic carboxylic acids is 1. The minimum absolute atomic E-state index is 0.160. The third kappa shape index (κ3) is 3.30. The number of nitrogens with zero attached hydrogens (tertiary/aromatic N) is 1. The van der Waals surface area contributed by atoms with Gasteiger partial charge in [0.15, 0.2) is 0 Å². The van der Waals surface area contributed by atoms with Crippen LogP contribution in [0, 0.1) is 5.92 Å². The number of amides is 1. The van der Waals surface area contributed by atoms with E-state index in [-0.39, 0.29) is 6.54 Å². The predicted molar refractivity (Wildman–Crippen MR) is 78.8 cm³/mol. The molecule has 9 heteroatoms. The van der Waals surface area contributed by atoms with Crippen LogP contribution in [0.4, 0.5) is 13.2 Å². The molecule has 0 saturated heterocycles. The Kier molecular flexibility index (Phi) is 4.86. The predicted octanol–water partition coefficient (Wildman–Crippen LogP) is 2.54. The molecule has 4 nitrogen and oxygen atoms in total. The molecule has 1 amide bonds. The Labute approximate surface area is 133 Å². The Morgan fingerprint density at radius 1 is 1.50 bits per heavy atom. The van der Waals surface area contributed by atoms with Crippen LogP contribution in [0.15, 0.2) is 22.9 Å². The van der Waals surface area contributed by atoms with E-state index in [1.807, 2.05) is 0 Å². The molecule has 1 unspecified atom stereocenters. The maximum absolute atomic E-state index is 12.9. The van der Waals surface area contributed by atoms with Gasteiger partial charge in [-0.3, -0.25) is 4.79 Å². The summed E-state index contributed by atoms with van der Waals surface area (Å²) >= 11 is 4.95. The molecule has 1 aliphatic heterocycles. The lowest BCUT2D eigenvalue weighted by atomic mass is 10.1. The van der Waals surface area contributed by atoms with Crippen molar-refractivity contribution in [3.8, 4) is 0 Å². The van der Waals surface area contributed by atoms with Crippen LogP contribution in [-0.4, -0.2) is 46.4 Å². The van der Waals surface area contributed by atoms with Crippen LogP contribution in [0.1, 0.15) is 5.56 Å². The molecule has 2 atom stereocenters. The van der Waals surface area contributed by atoms with Gasteiger partial charge in [0.2, 0.25) is 5.91 Å². The van der Waals surface area contributed by atoms with Crippen molar-refractivity contribution in [1.82, 2.24) is 4.90 Å². The fourth-order valence-electron chi connectivity index (χ4n) is 2.19. The molecule has 2 rings (SSSR count). The summed E-state index contributed by atoms with van der Waals surface area (Å²) in [6.45, 7) is -0.160. The van der Waals surface area contributed by atoms with Crippen molar-refractivity contribution >= 4 is 41.4 Å². The molecule has 0 fully saturated rings. The van der Waals surface area contributed by atoms with E-state index in [9.17, 15) is 22.8 Å². The first kappa shape index (κ1) is 16.9. The van der Waals surface area contributed by atoms with Crippen LogP contribution in [-0.2, 0) is 9.59 Å². The molecular weight excluding hydrogens is 339 g/mol. The average molecular weight is 351 g/mol. The summed E-state index contributed by atoms with van der Waals surface area (Å²) in [6.07, 6.45) is -3.44. The number of rotatable bonds is 4. The zero-order valence-corrected chi connectivity index (χ0v) is 12.8. The smallest absolute Gasteiger partial charge is 0.401 e. The summed E-state index contributed by atoms with van der Waals surface area (Å²) in [5.74, 6) is -5.66. The Balaban J connectivity index is 2.28. The maximum Gasteiger partial charge on any atom is 0.401 e. The topological polar surface area (TPSA) is 57.6 Å². The van der Waals surface area contributed by atoms with E-state index in [0.717, 1.165) is 4.90 Å². The van der Waals surface area contributed by atoms with E-state index in [0.29, 0.717) is 11.1 Å². The highest BCUT2D eigenvalue weighted by molar-refractivity contribution is 7.80. The van der Waals surface area contributed by atoms with Gasteiger partial charge >= 0.3 is 12.1 Å². The van der Waals surface area contributed by atoms with Crippen molar-refractivity contribution in [3.05, 3.63) is 28.5 Å². The van der Waals surface area contributed by atoms with Gasteiger partial charge in [-0.1, -0.05) is 0 Å². The molecule has 0 saturated carbocycles. The molecule has 0 aliphatic carbocycles. The van der Waals surface area contributed by atoms with E-state index in [2.05, 4.69) is 12.6 Å². The molecule has 120 valence electrons. The van der Waals surface area contributed by atoms with Crippen molar-refractivity contribution < 1.29 is 27.9 Å². The third-order valence-electron chi connectivity index (χ3n) is 3.34. The molecule has 0 bridgehead atoms. The number of hydrogen-bond acceptors (Lipinski definition) is 4. The fraction of sp³-hybridized carbons (Fsp3) is 0.385. The average Bonchev–Trinajstić information content (AvgIpc) is 3.06. The van der Waals surface area contributed by atoms with Gasteiger partial charge in [0, 0.05) is 12.3 Å². The van der Waals surface area contributed by atoms with Gasteiger partial charge in [-0.25, -0.2) is 4.79 Å². The second-order valence-electron chi connectivity index (χ2n) is 4.73. The zero-order chi connectivity index (χ0) is 16.5. The Hall–Kier alpha value is -1.48. The largest absolute Gasteiger partial charge is 0.479 e. The minimum atomic E-state index is -4.76. The van der Waals surface area contributed by atoms with Crippen molar-refractivity contribution in [1.29, 1.82) is 0 Å². The number of hydrogen-bond donors (Lipinski definition) is 2. The highest BCUT2D eigenvalue weighted by Gasteiger charge is 2.48. The molecule has 0 spiro atoms. The van der Waals surface area contributed by atoms with Gasteiger partial charge in [0.1, 0.15) is 12.0 Å². The highest BCUT2D eigenvalue weighted by atomic mass is 32.1. The van der Waals surface area contributed by atoms with Gasteiger partial charge in [-0.2, -0.15) is 37.1 Å². The first-order valence-electron chi connectivity index (χ1n) is 6.19. The van der Waals surface area contributed by atoms with E-state index in [1.54, 1.807) is 16.8 Å². The van der Waals surface area contributed by atoms with Crippen molar-refractivity contribution in [2.24, 2.45) is 5.92 Å². The van der Waals surface area contributed by atoms with Crippen molar-refractivity contribution in [3.63, 3.8) is 0 Å². The summed E-state index contributed by atoms with van der Waals surface area (Å²) < 4.78 is 38.6. The van der Waals surface area contributed by atoms with Gasteiger partial charge < -0.3 is 10.0 Å². The normalized spacial score (nSPS) is 19.9. The molecule has 1 N–H and O–H groups in total. The molecule has 1 aliphatic rings. The third-order valence-corrected chi connectivity index (χ3v) is 4.39. The molecule has 0 aromatic carbocycles. The minimum Gasteiger partial charge on any atom is -0.479 e. The lowest BCUT2D eigenvalue weighted by Gasteiger charge is -2.27. The highest BCUT2D eigenvalue weighted by Crippen LogP contribution is 2.33. The zero-order valence-electron chi connectivity index (χ0n) is 11.1. The van der Waals surface area contributed by atoms with Gasteiger partial charge in [0.05, 0.1) is 0 Å². The first-order valence-corrected chi connectivity index (χ1v) is 7.77. The van der Waals surface area contributed by atoms with E-state index in [4.69, 9.17) is 5.11 Å². The van der Waals surface area contributed by atoms with Crippen LogP contribution >= 0.6 is 24.0 Å². The number of carboxylic acid groups (broad SMARTS) is 1. The van der Waals surface area contributed by atoms with Crippen LogP contribution in [0.3, 0.4) is 0 Å². The van der Waals surface area contributed by atoms with Crippen LogP contribution in [0.5, 0.6) is 0 Å². The lowest BCUT2D eigenvalue weighted by Crippen LogP contribution is -2.48. The number of alkyl halides is 3. The van der Waals surface area contributed by atoms with Crippen molar-refractivity contribution in [2.75, 3.05) is 12.3 Å². The Morgan fingerprint density at radius 3 is 2.64 bits per heavy atom. The van der Waals surface area contributed by atoms with Gasteiger partial charge in [0.25, 0.3) is 0 Å². The number of carboxylic acids is 1. The number of carbonyl (C=O) groups is 2. The summed E-state index contributed by atoms with van der Waals surface area (Å²) in [4.78, 5) is 24.1. The quantitative estimate of drug-likeness (QED) is 0.820. The molecule has 22 heavy (non-hydrogen) atoms. The van der Waals surface area contributed by atoms with E-state index in [1.165, 1.54) is 17.4 Å². The molecular formula is C13H12F3NO3S2. The standard InChI is InChI=1S/C13H12F3NO3S2/c14-13(15,16)9(5-21)11(18)17-4-8(3-10(17)12(19)20)7-1-2-22-6-7/h1-3,6,9-10,21H,4-5H2,(H,19,20)/t9-,10?/m0/s1. The molecule has 2 heterocycles. The molecule has 0 radical (unpaired) electrons. The van der Waals surface area contributed by atoms with Crippen LogP contribution in [0.25, 0.3) is 5.57 Å². The van der Waals surface area contributed by atoms with Crippen LogP contribution < -0.4 is 0 Å². The lowest BCUT2D eigenvalue weighted by molar-refractivity contribution is -0.185. The number of halogens is 3. The monoisotopic (exact) mass is 351 g/mol. The maximum atomic E-state index is 12.9. The number of carbonyl (C=O) groups excluding carboxylic acids is 1.